The normalized spacial score (nSPS) is 23.9. The third-order valence-electron chi connectivity index (χ3n) is 5.94. The zero-order valence-corrected chi connectivity index (χ0v) is 22.7. The average Bonchev–Trinajstić information content (AvgIpc) is 3.42. The number of ether oxygens (including phenoxy) is 3. The van der Waals surface area contributed by atoms with Gasteiger partial charge in [-0.3, -0.25) is 9.36 Å². The van der Waals surface area contributed by atoms with E-state index in [0.717, 1.165) is 19.3 Å². The zero-order chi connectivity index (χ0) is 27.1. The first-order valence-corrected chi connectivity index (χ1v) is 13.2. The molecule has 0 bridgehead atoms. The monoisotopic (exact) mass is 641 g/mol. The highest BCUT2D eigenvalue weighted by Gasteiger charge is 2.59. The predicted octanol–water partition coefficient (Wildman–Crippen LogP) is 2.52. The number of alkyl halides is 3. The summed E-state index contributed by atoms with van der Waals surface area (Å²) in [5.41, 5.74) is -0.972. The topological polar surface area (TPSA) is 133 Å². The van der Waals surface area contributed by atoms with E-state index in [1.165, 1.54) is 17.2 Å². The number of amides is 1. The Morgan fingerprint density at radius 3 is 2.65 bits per heavy atom. The fraction of sp³-hybridized carbons (Fsp3) is 0.714. The summed E-state index contributed by atoms with van der Waals surface area (Å²) in [5, 5.41) is 17.0. The minimum atomic E-state index is -5.15. The van der Waals surface area contributed by atoms with E-state index in [4.69, 9.17) is 14.2 Å². The van der Waals surface area contributed by atoms with Crippen molar-refractivity contribution in [3.8, 4) is 0 Å². The number of nitrogens with zero attached hydrogens (tertiary/aromatic N) is 4. The van der Waals surface area contributed by atoms with Gasteiger partial charge in [-0.1, -0.05) is 26.7 Å². The van der Waals surface area contributed by atoms with Gasteiger partial charge in [-0.15, -0.1) is 22.4 Å². The summed E-state index contributed by atoms with van der Waals surface area (Å²) in [6, 6.07) is -1.35. The van der Waals surface area contributed by atoms with Crippen LogP contribution in [0.5, 0.6) is 0 Å². The minimum Gasteiger partial charge on any atom is -0.405 e. The molecule has 37 heavy (non-hydrogen) atoms. The Hall–Kier alpha value is -1.76. The van der Waals surface area contributed by atoms with Gasteiger partial charge in [0.1, 0.15) is 35.4 Å². The van der Waals surface area contributed by atoms with Crippen molar-refractivity contribution in [2.75, 3.05) is 31.7 Å². The lowest BCUT2D eigenvalue weighted by molar-refractivity contribution is -0.175. The quantitative estimate of drug-likeness (QED) is 0.162. The summed E-state index contributed by atoms with van der Waals surface area (Å²) in [6.07, 6.45) is -1.97. The summed E-state index contributed by atoms with van der Waals surface area (Å²) in [7, 11) is 0. The van der Waals surface area contributed by atoms with E-state index in [2.05, 4.69) is 20.2 Å². The molecule has 3 N–H and O–H groups in total. The fourth-order valence-corrected chi connectivity index (χ4v) is 4.35. The van der Waals surface area contributed by atoms with Crippen molar-refractivity contribution in [3.05, 3.63) is 12.7 Å². The molecule has 1 fully saturated rings. The van der Waals surface area contributed by atoms with Crippen LogP contribution in [0.1, 0.15) is 45.8 Å². The molecule has 205 valence electrons. The molecular formula is C21H30BF3IN6O5. The summed E-state index contributed by atoms with van der Waals surface area (Å²) < 4.78 is 59.4. The lowest BCUT2D eigenvalue weighted by atomic mass is 9.94. The molecule has 0 spiro atoms. The van der Waals surface area contributed by atoms with Gasteiger partial charge in [0.05, 0.1) is 19.5 Å². The highest BCUT2D eigenvalue weighted by atomic mass is 127. The Bertz CT molecular complexity index is 1030. The molecule has 2 aromatic rings. The molecule has 2 unspecified atom stereocenters. The van der Waals surface area contributed by atoms with Crippen LogP contribution in [0.2, 0.25) is 0 Å². The predicted molar refractivity (Wildman–Crippen MR) is 137 cm³/mol. The molecule has 4 atom stereocenters. The molecular weight excluding hydrogens is 611 g/mol. The van der Waals surface area contributed by atoms with Gasteiger partial charge < -0.3 is 29.9 Å². The lowest BCUT2D eigenvalue weighted by Crippen LogP contribution is -2.57. The van der Waals surface area contributed by atoms with Crippen LogP contribution in [0.25, 0.3) is 11.2 Å². The number of halogens is 4. The van der Waals surface area contributed by atoms with Crippen LogP contribution in [0.15, 0.2) is 12.7 Å². The van der Waals surface area contributed by atoms with Crippen molar-refractivity contribution in [2.24, 2.45) is 0 Å². The summed E-state index contributed by atoms with van der Waals surface area (Å²) in [6.45, 7) is 3.67. The van der Waals surface area contributed by atoms with Crippen molar-refractivity contribution in [2.45, 2.75) is 69.7 Å². The number of aliphatic hydroxyl groups is 1. The van der Waals surface area contributed by atoms with E-state index >= 15 is 0 Å². The molecule has 1 saturated heterocycles. The van der Waals surface area contributed by atoms with E-state index in [9.17, 15) is 23.1 Å². The molecule has 0 saturated carbocycles. The molecule has 0 aliphatic carbocycles. The van der Waals surface area contributed by atoms with Crippen LogP contribution >= 0.6 is 22.4 Å². The average molecular weight is 641 g/mol. The van der Waals surface area contributed by atoms with Crippen molar-refractivity contribution >= 4 is 50.5 Å². The standard InChI is InChI=1S/C21H30BF3IN6O5/c1-3-5-7-35-10-20(9-33)15(36-8-6-4-2)13(30-19(34)21(23,24)25)18(37-20)32-12-29-14-16(31-22-26)27-11-28-17(14)32/h11-13,15,18,33H,3-10H2,1-2H3,(H,30,34)(H,27,28,31)/t13-,15?,18+,20?/m0/s1. The number of carbonyl (C=O) groups is 1. The van der Waals surface area contributed by atoms with Crippen molar-refractivity contribution in [1.29, 1.82) is 0 Å². The number of nitrogens with one attached hydrogen (secondary N) is 2. The van der Waals surface area contributed by atoms with Gasteiger partial charge in [0, 0.05) is 13.2 Å². The number of rotatable bonds is 14. The van der Waals surface area contributed by atoms with E-state index in [1.54, 1.807) is 5.27 Å². The van der Waals surface area contributed by atoms with Crippen LogP contribution in [0, 0.1) is 0 Å². The molecule has 0 aromatic carbocycles. The largest absolute Gasteiger partial charge is 0.471 e. The maximum Gasteiger partial charge on any atom is 0.471 e. The molecule has 3 rings (SSSR count). The van der Waals surface area contributed by atoms with Crippen LogP contribution < -0.4 is 10.5 Å². The van der Waals surface area contributed by atoms with Crippen molar-refractivity contribution in [3.63, 3.8) is 0 Å². The Labute approximate surface area is 226 Å². The van der Waals surface area contributed by atoms with E-state index < -0.39 is 42.7 Å². The first kappa shape index (κ1) is 29.8. The molecule has 1 aliphatic rings. The molecule has 1 aliphatic heterocycles. The maximum absolute atomic E-state index is 13.3. The Kier molecular flexibility index (Phi) is 10.8. The number of aliphatic hydroxyl groups excluding tert-OH is 1. The number of fused-ring (bicyclic) bond motifs is 1. The summed E-state index contributed by atoms with van der Waals surface area (Å²) in [4.78, 5) is 24.8. The number of hydrogen-bond acceptors (Lipinski definition) is 9. The molecule has 1 amide bonds. The number of anilines is 1. The third-order valence-corrected chi connectivity index (χ3v) is 6.25. The number of imidazole rings is 1. The number of carbonyl (C=O) groups excluding carboxylic acids is 1. The van der Waals surface area contributed by atoms with Gasteiger partial charge in [0.2, 0.25) is 0 Å². The Morgan fingerprint density at radius 1 is 1.27 bits per heavy atom. The second-order valence-corrected chi connectivity index (χ2v) is 9.20. The first-order chi connectivity index (χ1) is 17.7. The van der Waals surface area contributed by atoms with Crippen molar-refractivity contribution in [1.82, 2.24) is 24.8 Å². The van der Waals surface area contributed by atoms with Crippen LogP contribution in [0.4, 0.5) is 19.0 Å². The molecule has 1 radical (unpaired) electrons. The Morgan fingerprint density at radius 2 is 2.00 bits per heavy atom. The van der Waals surface area contributed by atoms with Gasteiger partial charge in [-0.05, 0) is 12.8 Å². The highest BCUT2D eigenvalue weighted by Crippen LogP contribution is 2.41. The molecule has 16 heteroatoms. The first-order valence-electron chi connectivity index (χ1n) is 11.9. The number of hydrogen-bond donors (Lipinski definition) is 3. The van der Waals surface area contributed by atoms with E-state index in [-0.39, 0.29) is 18.9 Å². The van der Waals surface area contributed by atoms with Gasteiger partial charge in [-0.2, -0.15) is 13.2 Å². The number of aromatic nitrogens is 4. The van der Waals surface area contributed by atoms with Crippen LogP contribution in [-0.2, 0) is 19.0 Å². The zero-order valence-electron chi connectivity index (χ0n) is 20.5. The lowest BCUT2D eigenvalue weighted by Gasteiger charge is -2.33. The SMILES string of the molecule is CCCCOCC1(CO)O[C@@H](n2cnc3c(N[B]I)ncnc32)[C@@H](NC(=O)C(F)(F)F)C1OCCCC. The number of unbranched alkanes of at least 4 members (excludes halogenated alkanes) is 2. The third kappa shape index (κ3) is 6.82. The second-order valence-electron chi connectivity index (χ2n) is 8.58. The highest BCUT2D eigenvalue weighted by molar-refractivity contribution is 14.1. The summed E-state index contributed by atoms with van der Waals surface area (Å²) >= 11 is 1.97. The minimum absolute atomic E-state index is 0.159. The van der Waals surface area contributed by atoms with Gasteiger partial charge >= 0.3 is 17.4 Å². The summed E-state index contributed by atoms with van der Waals surface area (Å²) in [5.74, 6) is -1.78. The van der Waals surface area contributed by atoms with E-state index in [1.807, 2.05) is 41.5 Å². The molecule has 3 heterocycles. The maximum atomic E-state index is 13.3. The van der Waals surface area contributed by atoms with Gasteiger partial charge in [0.15, 0.2) is 11.9 Å². The van der Waals surface area contributed by atoms with Gasteiger partial charge in [-0.25, -0.2) is 15.0 Å². The Balaban J connectivity index is 2.07. The second kappa shape index (κ2) is 13.4. The van der Waals surface area contributed by atoms with Crippen molar-refractivity contribution < 1.29 is 37.3 Å². The fourth-order valence-electron chi connectivity index (χ4n) is 4.05. The van der Waals surface area contributed by atoms with Gasteiger partial charge in [0.25, 0.3) is 0 Å². The van der Waals surface area contributed by atoms with E-state index in [0.29, 0.717) is 24.4 Å². The molecule has 11 nitrogen and oxygen atoms in total. The smallest absolute Gasteiger partial charge is 0.405 e. The van der Waals surface area contributed by atoms with Crippen LogP contribution in [-0.4, -0.2) is 86.2 Å². The molecule has 2 aromatic heterocycles. The van der Waals surface area contributed by atoms with Crippen LogP contribution in [0.3, 0.4) is 0 Å².